The highest BCUT2D eigenvalue weighted by atomic mass is 16.5. The number of hydrogen-bond acceptors (Lipinski definition) is 5. The second-order valence-corrected chi connectivity index (χ2v) is 2.76. The number of aryl methyl sites for hydroxylation is 1. The summed E-state index contributed by atoms with van der Waals surface area (Å²) in [6.07, 6.45) is 1.63. The molecular weight excluding hydrogens is 168 g/mol. The van der Waals surface area contributed by atoms with Crippen molar-refractivity contribution in [2.24, 2.45) is 0 Å². The Kier molecular flexibility index (Phi) is 2.65. The molecule has 0 atom stereocenters. The van der Waals surface area contributed by atoms with Crippen molar-refractivity contribution in [3.8, 4) is 6.07 Å². The highest BCUT2D eigenvalue weighted by Gasteiger charge is 2.08. The smallest absolute Gasteiger partial charge is 0.270 e. The topological polar surface area (TPSA) is 66.0 Å². The lowest BCUT2D eigenvalue weighted by Gasteiger charge is -2.03. The third-order valence-electron chi connectivity index (χ3n) is 1.27. The molecule has 1 aromatic heterocycles. The molecule has 0 aliphatic heterocycles. The third kappa shape index (κ3) is 2.30. The number of nitrogens with zero attached hydrogens (tertiary/aromatic N) is 4. The second kappa shape index (κ2) is 3.72. The van der Waals surface area contributed by atoms with E-state index in [1.165, 1.54) is 0 Å². The molecule has 0 spiro atoms. The van der Waals surface area contributed by atoms with Crippen molar-refractivity contribution in [1.82, 2.24) is 15.0 Å². The first-order valence-electron chi connectivity index (χ1n) is 3.72. The van der Waals surface area contributed by atoms with E-state index >= 15 is 0 Å². The van der Waals surface area contributed by atoms with Crippen LogP contribution in [0.5, 0.6) is 0 Å². The normalized spacial score (nSPS) is 11.1. The third-order valence-corrected chi connectivity index (χ3v) is 1.27. The molecule has 5 nitrogen and oxygen atoms in total. The lowest BCUT2D eigenvalue weighted by Crippen LogP contribution is -2.02. The van der Waals surface area contributed by atoms with Crippen LogP contribution in [0.15, 0.2) is 10.7 Å². The Bertz CT molecular complexity index is 358. The minimum Gasteiger partial charge on any atom is -0.382 e. The van der Waals surface area contributed by atoms with Crippen LogP contribution in [-0.4, -0.2) is 29.1 Å². The van der Waals surface area contributed by atoms with E-state index in [0.29, 0.717) is 11.4 Å². The van der Waals surface area contributed by atoms with Crippen molar-refractivity contribution >= 4 is 5.57 Å². The second-order valence-electron chi connectivity index (χ2n) is 2.76. The van der Waals surface area contributed by atoms with Crippen molar-refractivity contribution in [2.45, 2.75) is 6.92 Å². The minimum atomic E-state index is 0.258. The zero-order valence-electron chi connectivity index (χ0n) is 7.77. The Morgan fingerprint density at radius 3 is 2.69 bits per heavy atom. The number of allylic oxidation sites excluding steroid dienone is 1. The van der Waals surface area contributed by atoms with E-state index in [9.17, 15) is 0 Å². The van der Waals surface area contributed by atoms with Crippen molar-refractivity contribution in [3.63, 3.8) is 0 Å². The number of nitriles is 1. The largest absolute Gasteiger partial charge is 0.382 e. The SMILES string of the molecule is Cc1noc(C(C#N)=CN(C)C)n1. The van der Waals surface area contributed by atoms with Gasteiger partial charge >= 0.3 is 0 Å². The Morgan fingerprint density at radius 1 is 1.62 bits per heavy atom. The number of aromatic nitrogens is 2. The molecule has 0 bridgehead atoms. The van der Waals surface area contributed by atoms with Gasteiger partial charge in [0, 0.05) is 20.3 Å². The van der Waals surface area contributed by atoms with Crippen LogP contribution in [0.4, 0.5) is 0 Å². The van der Waals surface area contributed by atoms with E-state index in [2.05, 4.69) is 10.1 Å². The molecule has 1 rings (SSSR count). The standard InChI is InChI=1S/C8H10N4O/c1-6-10-8(13-11-6)7(4-9)5-12(2)3/h5H,1-3H3. The van der Waals surface area contributed by atoms with Gasteiger partial charge in [0.1, 0.15) is 11.6 Å². The van der Waals surface area contributed by atoms with Crippen LogP contribution in [0.1, 0.15) is 11.7 Å². The Morgan fingerprint density at radius 2 is 2.31 bits per heavy atom. The molecule has 0 saturated carbocycles. The fraction of sp³-hybridized carbons (Fsp3) is 0.375. The van der Waals surface area contributed by atoms with Gasteiger partial charge < -0.3 is 9.42 Å². The molecule has 0 unspecified atom stereocenters. The van der Waals surface area contributed by atoms with Gasteiger partial charge in [-0.3, -0.25) is 0 Å². The van der Waals surface area contributed by atoms with Gasteiger partial charge in [0.15, 0.2) is 5.82 Å². The molecule has 0 aliphatic rings. The molecule has 0 aliphatic carbocycles. The first kappa shape index (κ1) is 9.26. The monoisotopic (exact) mass is 178 g/mol. The highest BCUT2D eigenvalue weighted by molar-refractivity contribution is 5.70. The average molecular weight is 178 g/mol. The lowest BCUT2D eigenvalue weighted by molar-refractivity contribution is 0.402. The lowest BCUT2D eigenvalue weighted by atomic mass is 10.3. The van der Waals surface area contributed by atoms with Gasteiger partial charge in [-0.05, 0) is 6.92 Å². The van der Waals surface area contributed by atoms with Gasteiger partial charge in [-0.25, -0.2) is 0 Å². The van der Waals surface area contributed by atoms with Gasteiger partial charge in [0.25, 0.3) is 5.89 Å². The highest BCUT2D eigenvalue weighted by Crippen LogP contribution is 2.10. The molecule has 0 amide bonds. The molecule has 0 saturated heterocycles. The molecule has 5 heteroatoms. The van der Waals surface area contributed by atoms with Crippen LogP contribution in [0.25, 0.3) is 5.57 Å². The van der Waals surface area contributed by atoms with Gasteiger partial charge in [0.05, 0.1) is 0 Å². The quantitative estimate of drug-likeness (QED) is 0.627. The first-order chi connectivity index (χ1) is 6.13. The summed E-state index contributed by atoms with van der Waals surface area (Å²) in [4.78, 5) is 5.69. The van der Waals surface area contributed by atoms with Crippen molar-refractivity contribution in [1.29, 1.82) is 5.26 Å². The van der Waals surface area contributed by atoms with Crippen LogP contribution >= 0.6 is 0 Å². The van der Waals surface area contributed by atoms with Gasteiger partial charge in [-0.1, -0.05) is 5.16 Å². The summed E-state index contributed by atoms with van der Waals surface area (Å²) in [5.74, 6) is 0.781. The molecule has 0 N–H and O–H groups in total. The average Bonchev–Trinajstić information content (AvgIpc) is 2.47. The van der Waals surface area contributed by atoms with Gasteiger partial charge in [-0.15, -0.1) is 0 Å². The molecule has 68 valence electrons. The van der Waals surface area contributed by atoms with Gasteiger partial charge in [-0.2, -0.15) is 10.2 Å². The van der Waals surface area contributed by atoms with Crippen molar-refractivity contribution < 1.29 is 4.52 Å². The molecule has 13 heavy (non-hydrogen) atoms. The van der Waals surface area contributed by atoms with Crippen molar-refractivity contribution in [3.05, 3.63) is 17.9 Å². The summed E-state index contributed by atoms with van der Waals surface area (Å²) in [7, 11) is 3.64. The molecule has 1 heterocycles. The summed E-state index contributed by atoms with van der Waals surface area (Å²) < 4.78 is 4.84. The molecule has 0 aromatic carbocycles. The summed E-state index contributed by atoms with van der Waals surface area (Å²) in [5.41, 5.74) is 0.366. The Hall–Kier alpha value is -1.83. The Balaban J connectivity index is 2.99. The van der Waals surface area contributed by atoms with E-state index < -0.39 is 0 Å². The summed E-state index contributed by atoms with van der Waals surface area (Å²) in [5, 5.41) is 12.4. The zero-order chi connectivity index (χ0) is 9.84. The fourth-order valence-corrected chi connectivity index (χ4v) is 0.797. The van der Waals surface area contributed by atoms with E-state index in [-0.39, 0.29) is 5.89 Å². The summed E-state index contributed by atoms with van der Waals surface area (Å²) in [6.45, 7) is 1.71. The minimum absolute atomic E-state index is 0.258. The maximum atomic E-state index is 8.76. The van der Waals surface area contributed by atoms with Crippen LogP contribution in [0.2, 0.25) is 0 Å². The van der Waals surface area contributed by atoms with Gasteiger partial charge in [0.2, 0.25) is 0 Å². The maximum Gasteiger partial charge on any atom is 0.270 e. The van der Waals surface area contributed by atoms with E-state index in [1.807, 2.05) is 20.2 Å². The fourth-order valence-electron chi connectivity index (χ4n) is 0.797. The number of hydrogen-bond donors (Lipinski definition) is 0. The first-order valence-corrected chi connectivity index (χ1v) is 3.72. The van der Waals surface area contributed by atoms with Crippen LogP contribution in [-0.2, 0) is 0 Å². The van der Waals surface area contributed by atoms with E-state index in [4.69, 9.17) is 9.78 Å². The molecule has 1 aromatic rings. The number of rotatable bonds is 2. The van der Waals surface area contributed by atoms with Crippen LogP contribution in [0, 0.1) is 18.3 Å². The molecule has 0 radical (unpaired) electrons. The van der Waals surface area contributed by atoms with Crippen molar-refractivity contribution in [2.75, 3.05) is 14.1 Å². The maximum absolute atomic E-state index is 8.76. The summed E-state index contributed by atoms with van der Waals surface area (Å²) in [6, 6.07) is 1.99. The van der Waals surface area contributed by atoms with E-state index in [1.54, 1.807) is 18.0 Å². The predicted octanol–water partition coefficient (Wildman–Crippen LogP) is 0.804. The molecular formula is C8H10N4O. The van der Waals surface area contributed by atoms with Crippen LogP contribution < -0.4 is 0 Å². The predicted molar refractivity (Wildman–Crippen MR) is 46.3 cm³/mol. The summed E-state index contributed by atoms with van der Waals surface area (Å²) >= 11 is 0. The molecule has 0 fully saturated rings. The van der Waals surface area contributed by atoms with Crippen LogP contribution in [0.3, 0.4) is 0 Å². The van der Waals surface area contributed by atoms with E-state index in [0.717, 1.165) is 0 Å². The zero-order valence-corrected chi connectivity index (χ0v) is 7.77. The Labute approximate surface area is 76.3 Å².